The van der Waals surface area contributed by atoms with E-state index in [2.05, 4.69) is 15.3 Å². The number of anilines is 1. The van der Waals surface area contributed by atoms with Crippen molar-refractivity contribution in [2.75, 3.05) is 18.1 Å². The number of aryl methyl sites for hydroxylation is 1. The summed E-state index contributed by atoms with van der Waals surface area (Å²) in [6, 6.07) is 10.3. The molecule has 0 fully saturated rings. The lowest BCUT2D eigenvalue weighted by Crippen LogP contribution is -2.13. The van der Waals surface area contributed by atoms with E-state index in [4.69, 9.17) is 0 Å². The van der Waals surface area contributed by atoms with Crippen LogP contribution in [0.3, 0.4) is 0 Å². The van der Waals surface area contributed by atoms with Crippen LogP contribution in [0.15, 0.2) is 52.7 Å². The van der Waals surface area contributed by atoms with E-state index in [0.717, 1.165) is 25.2 Å². The Kier molecular flexibility index (Phi) is 6.23. The van der Waals surface area contributed by atoms with Crippen LogP contribution in [0.25, 0.3) is 11.4 Å². The molecule has 154 valence electrons. The van der Waals surface area contributed by atoms with Gasteiger partial charge in [0.15, 0.2) is 21.4 Å². The zero-order valence-corrected chi connectivity index (χ0v) is 17.0. The van der Waals surface area contributed by atoms with Crippen molar-refractivity contribution in [3.63, 3.8) is 0 Å². The molecule has 1 N–H and O–H groups in total. The summed E-state index contributed by atoms with van der Waals surface area (Å²) in [7, 11) is -3.41. The highest BCUT2D eigenvalue weighted by molar-refractivity contribution is 7.90. The Morgan fingerprint density at radius 3 is 2.41 bits per heavy atom. The van der Waals surface area contributed by atoms with Crippen molar-refractivity contribution in [2.24, 2.45) is 0 Å². The minimum Gasteiger partial charge on any atom is -0.370 e. The second-order valence-corrected chi connectivity index (χ2v) is 9.41. The van der Waals surface area contributed by atoms with Crippen molar-refractivity contribution >= 4 is 27.0 Å². The van der Waals surface area contributed by atoms with Gasteiger partial charge in [0.25, 0.3) is 0 Å². The molecule has 0 radical (unpaired) electrons. The van der Waals surface area contributed by atoms with Gasteiger partial charge in [-0.25, -0.2) is 18.4 Å². The van der Waals surface area contributed by atoms with Crippen LogP contribution in [-0.2, 0) is 22.4 Å². The molecule has 2 aromatic heterocycles. The number of rotatable bonds is 7. The zero-order chi connectivity index (χ0) is 21.1. The second-order valence-electron chi connectivity index (χ2n) is 6.37. The van der Waals surface area contributed by atoms with Crippen molar-refractivity contribution in [1.29, 1.82) is 0 Å². The number of hydrogen-bond donors (Lipinski definition) is 1. The normalized spacial score (nSPS) is 12.1. The molecule has 3 aromatic rings. The summed E-state index contributed by atoms with van der Waals surface area (Å²) in [6.45, 7) is 0.457. The molecule has 0 spiro atoms. The van der Waals surface area contributed by atoms with Gasteiger partial charge in [0, 0.05) is 29.3 Å². The molecule has 0 aliphatic heterocycles. The molecule has 0 bridgehead atoms. The first kappa shape index (κ1) is 21.3. The fourth-order valence-electron chi connectivity index (χ4n) is 2.60. The van der Waals surface area contributed by atoms with Crippen LogP contribution in [-0.4, -0.2) is 31.2 Å². The molecule has 0 aliphatic rings. The number of aromatic nitrogens is 2. The Labute approximate surface area is 170 Å². The van der Waals surface area contributed by atoms with Gasteiger partial charge >= 0.3 is 6.18 Å². The molecule has 0 unspecified atom stereocenters. The van der Waals surface area contributed by atoms with Crippen LogP contribution in [0.5, 0.6) is 0 Å². The minimum atomic E-state index is -4.63. The molecule has 2 heterocycles. The smallest absolute Gasteiger partial charge is 0.370 e. The molecule has 0 aliphatic carbocycles. The van der Waals surface area contributed by atoms with Gasteiger partial charge in [0.05, 0.1) is 4.90 Å². The fraction of sp³-hybridized carbons (Fsp3) is 0.263. The number of halogens is 3. The van der Waals surface area contributed by atoms with Gasteiger partial charge < -0.3 is 5.32 Å². The number of hydrogen-bond acceptors (Lipinski definition) is 6. The average Bonchev–Trinajstić information content (AvgIpc) is 3.17. The van der Waals surface area contributed by atoms with Crippen molar-refractivity contribution < 1.29 is 21.6 Å². The molecule has 0 saturated heterocycles. The highest BCUT2D eigenvalue weighted by Crippen LogP contribution is 2.31. The van der Waals surface area contributed by atoms with Gasteiger partial charge in [-0.05, 0) is 48.6 Å². The molecule has 0 atom stereocenters. The van der Waals surface area contributed by atoms with Gasteiger partial charge in [-0.2, -0.15) is 13.2 Å². The molecular weight excluding hydrogens is 423 g/mol. The highest BCUT2D eigenvalue weighted by atomic mass is 32.2. The Morgan fingerprint density at radius 1 is 1.10 bits per heavy atom. The lowest BCUT2D eigenvalue weighted by atomic mass is 10.2. The number of thiophene rings is 1. The molecule has 29 heavy (non-hydrogen) atoms. The Balaban J connectivity index is 1.81. The Bertz CT molecular complexity index is 1070. The predicted octanol–water partition coefficient (Wildman–Crippen LogP) is 4.67. The van der Waals surface area contributed by atoms with Crippen LogP contribution in [0.1, 0.15) is 17.0 Å². The summed E-state index contributed by atoms with van der Waals surface area (Å²) in [5.74, 6) is -0.0543. The van der Waals surface area contributed by atoms with Crippen LogP contribution in [0.2, 0.25) is 0 Å². The third kappa shape index (κ3) is 5.77. The standard InChI is InChI=1S/C19H18F3N3O2S2/c1-29(26,27)15-8-6-13(7-9-15)18-24-16(19(20,21)22)12-17(25-18)23-10-2-4-14-5-3-11-28-14/h3,5-9,11-12H,2,4,10H2,1H3,(H,23,24,25). The second kappa shape index (κ2) is 8.50. The monoisotopic (exact) mass is 441 g/mol. The largest absolute Gasteiger partial charge is 0.433 e. The maximum Gasteiger partial charge on any atom is 0.433 e. The zero-order valence-electron chi connectivity index (χ0n) is 15.4. The van der Waals surface area contributed by atoms with Crippen molar-refractivity contribution in [3.8, 4) is 11.4 Å². The summed E-state index contributed by atoms with van der Waals surface area (Å²) in [6.07, 6.45) is -2.01. The molecule has 5 nitrogen and oxygen atoms in total. The third-order valence-corrected chi connectivity index (χ3v) is 6.11. The first-order valence-electron chi connectivity index (χ1n) is 8.66. The molecule has 0 saturated carbocycles. The maximum absolute atomic E-state index is 13.3. The average molecular weight is 442 g/mol. The van der Waals surface area contributed by atoms with E-state index in [9.17, 15) is 21.6 Å². The van der Waals surface area contributed by atoms with Gasteiger partial charge in [-0.15, -0.1) is 11.3 Å². The van der Waals surface area contributed by atoms with E-state index in [1.165, 1.54) is 29.1 Å². The highest BCUT2D eigenvalue weighted by Gasteiger charge is 2.33. The molecule has 3 rings (SSSR count). The van der Waals surface area contributed by atoms with E-state index < -0.39 is 21.7 Å². The number of sulfone groups is 1. The van der Waals surface area contributed by atoms with Crippen LogP contribution >= 0.6 is 11.3 Å². The summed E-state index contributed by atoms with van der Waals surface area (Å²) >= 11 is 1.63. The quantitative estimate of drug-likeness (QED) is 0.540. The minimum absolute atomic E-state index is 0.0696. The molecular formula is C19H18F3N3O2S2. The van der Waals surface area contributed by atoms with Crippen molar-refractivity contribution in [1.82, 2.24) is 9.97 Å². The molecule has 10 heteroatoms. The summed E-state index contributed by atoms with van der Waals surface area (Å²) in [5.41, 5.74) is -0.763. The summed E-state index contributed by atoms with van der Waals surface area (Å²) in [4.78, 5) is 9.06. The van der Waals surface area contributed by atoms with Gasteiger partial charge in [0.2, 0.25) is 0 Å². The first-order valence-corrected chi connectivity index (χ1v) is 11.4. The van der Waals surface area contributed by atoms with E-state index in [1.807, 2.05) is 17.5 Å². The molecule has 0 amide bonds. The lowest BCUT2D eigenvalue weighted by Gasteiger charge is -2.12. The third-order valence-electron chi connectivity index (χ3n) is 4.04. The van der Waals surface area contributed by atoms with E-state index in [-0.39, 0.29) is 16.5 Å². The lowest BCUT2D eigenvalue weighted by molar-refractivity contribution is -0.141. The summed E-state index contributed by atoms with van der Waals surface area (Å²) in [5, 5.41) is 4.90. The SMILES string of the molecule is CS(=O)(=O)c1ccc(-c2nc(NCCCc3cccs3)cc(C(F)(F)F)n2)cc1. The summed E-state index contributed by atoms with van der Waals surface area (Å²) < 4.78 is 62.9. The Morgan fingerprint density at radius 2 is 1.83 bits per heavy atom. The first-order chi connectivity index (χ1) is 13.6. The fourth-order valence-corrected chi connectivity index (χ4v) is 3.98. The van der Waals surface area contributed by atoms with Crippen LogP contribution in [0.4, 0.5) is 19.0 Å². The predicted molar refractivity (Wildman–Crippen MR) is 107 cm³/mol. The van der Waals surface area contributed by atoms with Crippen LogP contribution < -0.4 is 5.32 Å². The van der Waals surface area contributed by atoms with E-state index >= 15 is 0 Å². The van der Waals surface area contributed by atoms with Gasteiger partial charge in [-0.1, -0.05) is 6.07 Å². The van der Waals surface area contributed by atoms with Gasteiger partial charge in [-0.3, -0.25) is 0 Å². The van der Waals surface area contributed by atoms with Crippen molar-refractivity contribution in [2.45, 2.75) is 23.9 Å². The van der Waals surface area contributed by atoms with Gasteiger partial charge in [0.1, 0.15) is 5.82 Å². The topological polar surface area (TPSA) is 72.0 Å². The number of alkyl halides is 3. The molecule has 1 aromatic carbocycles. The van der Waals surface area contributed by atoms with Crippen molar-refractivity contribution in [3.05, 3.63) is 58.4 Å². The number of benzene rings is 1. The van der Waals surface area contributed by atoms with E-state index in [0.29, 0.717) is 12.1 Å². The Hall–Kier alpha value is -2.46. The van der Waals surface area contributed by atoms with E-state index in [1.54, 1.807) is 11.3 Å². The number of nitrogens with one attached hydrogen (secondary N) is 1. The maximum atomic E-state index is 13.3. The van der Waals surface area contributed by atoms with Crippen LogP contribution in [0, 0.1) is 0 Å². The number of nitrogens with zero attached hydrogens (tertiary/aromatic N) is 2.